The van der Waals surface area contributed by atoms with Crippen molar-refractivity contribution in [3.05, 3.63) is 24.0 Å². The van der Waals surface area contributed by atoms with E-state index >= 15 is 0 Å². The standard InChI is InChI=1S/C24H38N2O6S3/c1-2-3-4-5-6-7-8-9-10-11-12-13-20(33)18-24-25-22-19-21(35(30,31)32)14-15-23(22)26(24)16-17-34(27,28)29/h14-15,19H,2-13,16-18H2,1H3,(H,27,28,29)(H,30,31,32). The second kappa shape index (κ2) is 14.4. The minimum Gasteiger partial charge on any atom is -0.327 e. The number of aromatic nitrogens is 2. The van der Waals surface area contributed by atoms with Gasteiger partial charge in [-0.05, 0) is 31.0 Å². The first kappa shape index (κ1) is 29.8. The molecule has 1 aromatic heterocycles. The maximum atomic E-state index is 11.5. The average Bonchev–Trinajstić information content (AvgIpc) is 3.11. The zero-order chi connectivity index (χ0) is 25.9. The molecule has 0 spiro atoms. The zero-order valence-electron chi connectivity index (χ0n) is 20.5. The van der Waals surface area contributed by atoms with Gasteiger partial charge in [-0.1, -0.05) is 83.3 Å². The van der Waals surface area contributed by atoms with Gasteiger partial charge in [-0.15, -0.1) is 0 Å². The Morgan fingerprint density at radius 3 is 2.03 bits per heavy atom. The molecule has 35 heavy (non-hydrogen) atoms. The van der Waals surface area contributed by atoms with E-state index in [9.17, 15) is 25.9 Å². The van der Waals surface area contributed by atoms with Gasteiger partial charge < -0.3 is 4.57 Å². The van der Waals surface area contributed by atoms with Crippen molar-refractivity contribution in [1.29, 1.82) is 0 Å². The lowest BCUT2D eigenvalue weighted by Crippen LogP contribution is -2.15. The van der Waals surface area contributed by atoms with Gasteiger partial charge >= 0.3 is 0 Å². The molecule has 2 N–H and O–H groups in total. The molecule has 198 valence electrons. The number of rotatable bonds is 18. The van der Waals surface area contributed by atoms with Gasteiger partial charge in [0, 0.05) is 17.8 Å². The third-order valence-electron chi connectivity index (χ3n) is 6.08. The summed E-state index contributed by atoms with van der Waals surface area (Å²) in [4.78, 5) is 4.95. The fraction of sp³-hybridized carbons (Fsp3) is 0.667. The van der Waals surface area contributed by atoms with Crippen LogP contribution in [0.3, 0.4) is 0 Å². The molecular weight excluding hydrogens is 508 g/mol. The number of fused-ring (bicyclic) bond motifs is 1. The maximum Gasteiger partial charge on any atom is 0.294 e. The summed E-state index contributed by atoms with van der Waals surface area (Å²) in [7, 11) is -8.59. The third-order valence-corrected chi connectivity index (χ3v) is 7.98. The van der Waals surface area contributed by atoms with Gasteiger partial charge in [0.1, 0.15) is 5.82 Å². The van der Waals surface area contributed by atoms with E-state index in [0.29, 0.717) is 23.3 Å². The molecule has 0 fully saturated rings. The van der Waals surface area contributed by atoms with Crippen LogP contribution in [0.15, 0.2) is 23.1 Å². The fourth-order valence-corrected chi connectivity index (χ4v) is 5.35. The number of nitrogens with zero attached hydrogens (tertiary/aromatic N) is 2. The largest absolute Gasteiger partial charge is 0.327 e. The second-order valence-corrected chi connectivity index (χ2v) is 12.7. The van der Waals surface area contributed by atoms with Gasteiger partial charge in [0.05, 0.1) is 21.7 Å². The van der Waals surface area contributed by atoms with Crippen LogP contribution in [0, 0.1) is 0 Å². The molecule has 0 aliphatic rings. The van der Waals surface area contributed by atoms with E-state index in [1.54, 1.807) is 4.57 Å². The topological polar surface area (TPSA) is 127 Å². The smallest absolute Gasteiger partial charge is 0.294 e. The molecule has 0 bridgehead atoms. The molecule has 0 saturated heterocycles. The molecule has 0 unspecified atom stereocenters. The predicted octanol–water partition coefficient (Wildman–Crippen LogP) is 5.78. The molecule has 0 saturated carbocycles. The molecule has 1 aromatic carbocycles. The molecular formula is C24H38N2O6S3. The number of benzene rings is 1. The first-order valence-corrected chi connectivity index (χ1v) is 15.9. The lowest BCUT2D eigenvalue weighted by atomic mass is 10.0. The van der Waals surface area contributed by atoms with E-state index in [2.05, 4.69) is 11.9 Å². The highest BCUT2D eigenvalue weighted by Crippen LogP contribution is 2.22. The van der Waals surface area contributed by atoms with Crippen molar-refractivity contribution in [3.8, 4) is 0 Å². The van der Waals surface area contributed by atoms with Crippen LogP contribution >= 0.6 is 12.2 Å². The van der Waals surface area contributed by atoms with E-state index in [4.69, 9.17) is 12.2 Å². The van der Waals surface area contributed by atoms with Crippen molar-refractivity contribution >= 4 is 48.4 Å². The Kier molecular flexibility index (Phi) is 12.2. The van der Waals surface area contributed by atoms with E-state index < -0.39 is 26.0 Å². The Labute approximate surface area is 215 Å². The molecule has 0 aliphatic carbocycles. The summed E-state index contributed by atoms with van der Waals surface area (Å²) in [6, 6.07) is 3.94. The van der Waals surface area contributed by atoms with Crippen LogP contribution in [0.4, 0.5) is 0 Å². The molecule has 2 aromatic rings. The van der Waals surface area contributed by atoms with Crippen LogP contribution in [-0.4, -0.2) is 46.1 Å². The van der Waals surface area contributed by atoms with Crippen molar-refractivity contribution in [2.75, 3.05) is 5.75 Å². The molecule has 0 amide bonds. The summed E-state index contributed by atoms with van der Waals surface area (Å²) in [5, 5.41) is 0. The maximum absolute atomic E-state index is 11.5. The Morgan fingerprint density at radius 2 is 1.49 bits per heavy atom. The van der Waals surface area contributed by atoms with Crippen molar-refractivity contribution in [1.82, 2.24) is 9.55 Å². The lowest BCUT2D eigenvalue weighted by Gasteiger charge is -2.09. The number of hydrogen-bond donors (Lipinski definition) is 2. The Balaban J connectivity index is 1.90. The monoisotopic (exact) mass is 546 g/mol. The molecule has 2 rings (SSSR count). The lowest BCUT2D eigenvalue weighted by molar-refractivity contribution is 0.477. The van der Waals surface area contributed by atoms with E-state index in [1.165, 1.54) is 76.0 Å². The first-order valence-electron chi connectivity index (χ1n) is 12.4. The molecule has 8 nitrogen and oxygen atoms in total. The molecule has 0 atom stereocenters. The van der Waals surface area contributed by atoms with Crippen LogP contribution < -0.4 is 0 Å². The van der Waals surface area contributed by atoms with Gasteiger partial charge in [0.2, 0.25) is 0 Å². The molecule has 0 radical (unpaired) electrons. The highest BCUT2D eigenvalue weighted by Gasteiger charge is 2.18. The summed E-state index contributed by atoms with van der Waals surface area (Å²) in [5.74, 6) is 0.000799. The van der Waals surface area contributed by atoms with Gasteiger partial charge in [-0.2, -0.15) is 16.8 Å². The number of imidazole rings is 1. The van der Waals surface area contributed by atoms with Gasteiger partial charge in [-0.3, -0.25) is 9.11 Å². The van der Waals surface area contributed by atoms with Crippen LogP contribution in [0.2, 0.25) is 0 Å². The normalized spacial score (nSPS) is 12.4. The van der Waals surface area contributed by atoms with Gasteiger partial charge in [-0.25, -0.2) is 4.98 Å². The van der Waals surface area contributed by atoms with Crippen LogP contribution in [0.5, 0.6) is 0 Å². The number of aryl methyl sites for hydroxylation is 1. The summed E-state index contributed by atoms with van der Waals surface area (Å²) in [5.41, 5.74) is 0.816. The molecule has 0 aliphatic heterocycles. The molecule has 1 heterocycles. The van der Waals surface area contributed by atoms with Crippen molar-refractivity contribution in [2.45, 2.75) is 102 Å². The first-order chi connectivity index (χ1) is 16.5. The van der Waals surface area contributed by atoms with E-state index in [-0.39, 0.29) is 11.4 Å². The quantitative estimate of drug-likeness (QED) is 0.137. The minimum atomic E-state index is -4.40. The van der Waals surface area contributed by atoms with E-state index in [0.717, 1.165) is 24.1 Å². The van der Waals surface area contributed by atoms with Crippen LogP contribution in [-0.2, 0) is 33.2 Å². The summed E-state index contributed by atoms with van der Waals surface area (Å²) in [6.45, 7) is 2.19. The highest BCUT2D eigenvalue weighted by molar-refractivity contribution is 7.86. The van der Waals surface area contributed by atoms with Crippen molar-refractivity contribution in [3.63, 3.8) is 0 Å². The van der Waals surface area contributed by atoms with Gasteiger partial charge in [0.25, 0.3) is 20.2 Å². The zero-order valence-corrected chi connectivity index (χ0v) is 22.9. The highest BCUT2D eigenvalue weighted by atomic mass is 32.2. The molecule has 11 heteroatoms. The van der Waals surface area contributed by atoms with Crippen LogP contribution in [0.25, 0.3) is 11.0 Å². The third kappa shape index (κ3) is 11.0. The average molecular weight is 547 g/mol. The van der Waals surface area contributed by atoms with Crippen molar-refractivity contribution in [2.24, 2.45) is 0 Å². The predicted molar refractivity (Wildman–Crippen MR) is 143 cm³/mol. The van der Waals surface area contributed by atoms with E-state index in [1.807, 2.05) is 0 Å². The Hall–Kier alpha value is -1.40. The summed E-state index contributed by atoms with van der Waals surface area (Å²) < 4.78 is 65.7. The number of thiocarbonyl (C=S) groups is 1. The fourth-order valence-electron chi connectivity index (χ4n) is 4.16. The number of hydrogen-bond acceptors (Lipinski definition) is 6. The van der Waals surface area contributed by atoms with Gasteiger partial charge in [0.15, 0.2) is 0 Å². The Bertz CT molecular complexity index is 1170. The summed E-state index contributed by atoms with van der Waals surface area (Å²) >= 11 is 5.56. The van der Waals surface area contributed by atoms with Crippen LogP contribution in [0.1, 0.15) is 89.8 Å². The number of unbranched alkanes of at least 4 members (excludes halogenated alkanes) is 10. The second-order valence-electron chi connectivity index (χ2n) is 9.09. The SMILES string of the molecule is CCCCCCCCCCCCCC(=S)Cc1nc2cc(S(=O)(=O)O)ccc2n1CCS(=O)(=O)O. The Morgan fingerprint density at radius 1 is 0.914 bits per heavy atom. The van der Waals surface area contributed by atoms with Crippen molar-refractivity contribution < 1.29 is 25.9 Å². The summed E-state index contributed by atoms with van der Waals surface area (Å²) in [6.07, 6.45) is 14.8. The minimum absolute atomic E-state index is 0.0447.